The Labute approximate surface area is 132 Å². The second-order valence-electron chi connectivity index (χ2n) is 5.95. The van der Waals surface area contributed by atoms with E-state index in [1.54, 1.807) is 14.2 Å². The Morgan fingerprint density at radius 2 is 1.77 bits per heavy atom. The highest BCUT2D eigenvalue weighted by atomic mass is 16.5. The number of methoxy groups -OCH3 is 2. The summed E-state index contributed by atoms with van der Waals surface area (Å²) in [4.78, 5) is 5.02. The Balaban J connectivity index is 1.62. The van der Waals surface area contributed by atoms with Crippen LogP contribution in [-0.2, 0) is 17.7 Å². The van der Waals surface area contributed by atoms with Crippen molar-refractivity contribution in [1.82, 2.24) is 9.80 Å². The topological polar surface area (TPSA) is 34.2 Å². The van der Waals surface area contributed by atoms with E-state index in [0.29, 0.717) is 0 Å². The first-order valence-corrected chi connectivity index (χ1v) is 8.06. The molecular weight excluding hydrogens is 280 g/mol. The van der Waals surface area contributed by atoms with Crippen LogP contribution in [0.15, 0.2) is 12.1 Å². The minimum Gasteiger partial charge on any atom is -0.497 e. The van der Waals surface area contributed by atoms with Gasteiger partial charge < -0.3 is 14.2 Å². The molecule has 2 aliphatic heterocycles. The predicted octanol–water partition coefficient (Wildman–Crippen LogP) is 1.39. The van der Waals surface area contributed by atoms with Gasteiger partial charge in [-0.2, -0.15) is 0 Å². The van der Waals surface area contributed by atoms with Gasteiger partial charge in [0.25, 0.3) is 0 Å². The van der Waals surface area contributed by atoms with Crippen molar-refractivity contribution >= 4 is 0 Å². The lowest BCUT2D eigenvalue weighted by molar-refractivity contribution is 0.0326. The maximum Gasteiger partial charge on any atom is 0.126 e. The van der Waals surface area contributed by atoms with Gasteiger partial charge in [0.2, 0.25) is 0 Å². The zero-order valence-corrected chi connectivity index (χ0v) is 13.6. The van der Waals surface area contributed by atoms with Gasteiger partial charge >= 0.3 is 0 Å². The Morgan fingerprint density at radius 3 is 2.50 bits per heavy atom. The predicted molar refractivity (Wildman–Crippen MR) is 85.8 cm³/mol. The van der Waals surface area contributed by atoms with E-state index in [1.165, 1.54) is 11.1 Å². The summed E-state index contributed by atoms with van der Waals surface area (Å²) in [7, 11) is 3.44. The van der Waals surface area contributed by atoms with Gasteiger partial charge in [0, 0.05) is 50.9 Å². The summed E-state index contributed by atoms with van der Waals surface area (Å²) >= 11 is 0. The van der Waals surface area contributed by atoms with Crippen molar-refractivity contribution in [2.45, 2.75) is 13.0 Å². The van der Waals surface area contributed by atoms with Crippen LogP contribution >= 0.6 is 0 Å². The number of rotatable bonds is 5. The summed E-state index contributed by atoms with van der Waals surface area (Å²) in [6.07, 6.45) is 1.05. The molecule has 0 N–H and O–H groups in total. The van der Waals surface area contributed by atoms with E-state index in [9.17, 15) is 0 Å². The van der Waals surface area contributed by atoms with E-state index in [4.69, 9.17) is 14.2 Å². The summed E-state index contributed by atoms with van der Waals surface area (Å²) in [5.41, 5.74) is 2.68. The van der Waals surface area contributed by atoms with Crippen molar-refractivity contribution in [2.75, 3.05) is 60.2 Å². The van der Waals surface area contributed by atoms with Crippen LogP contribution in [0, 0.1) is 0 Å². The summed E-state index contributed by atoms with van der Waals surface area (Å²) in [6, 6.07) is 4.14. The second kappa shape index (κ2) is 7.31. The van der Waals surface area contributed by atoms with E-state index >= 15 is 0 Å². The Kier molecular flexibility index (Phi) is 5.18. The van der Waals surface area contributed by atoms with Gasteiger partial charge in [0.05, 0.1) is 27.4 Å². The van der Waals surface area contributed by atoms with Gasteiger partial charge in [-0.25, -0.2) is 0 Å². The van der Waals surface area contributed by atoms with Crippen molar-refractivity contribution in [2.24, 2.45) is 0 Å². The number of hydrogen-bond acceptors (Lipinski definition) is 5. The summed E-state index contributed by atoms with van der Waals surface area (Å²) in [5, 5.41) is 0. The van der Waals surface area contributed by atoms with Crippen molar-refractivity contribution in [3.8, 4) is 11.5 Å². The fourth-order valence-electron chi connectivity index (χ4n) is 3.29. The Hall–Kier alpha value is -1.30. The Bertz CT molecular complexity index is 501. The largest absolute Gasteiger partial charge is 0.497 e. The van der Waals surface area contributed by atoms with Gasteiger partial charge in [-0.05, 0) is 18.1 Å². The minimum absolute atomic E-state index is 0.872. The second-order valence-corrected chi connectivity index (χ2v) is 5.95. The van der Waals surface area contributed by atoms with Crippen LogP contribution in [0.4, 0.5) is 0 Å². The molecular formula is C17H26N2O3. The highest BCUT2D eigenvalue weighted by Crippen LogP contribution is 2.32. The van der Waals surface area contributed by atoms with Crippen LogP contribution in [0.3, 0.4) is 0 Å². The summed E-state index contributed by atoms with van der Waals surface area (Å²) < 4.78 is 16.3. The molecule has 0 atom stereocenters. The molecule has 1 fully saturated rings. The van der Waals surface area contributed by atoms with Gasteiger partial charge in [0.1, 0.15) is 11.5 Å². The number of benzene rings is 1. The van der Waals surface area contributed by atoms with Crippen molar-refractivity contribution in [3.63, 3.8) is 0 Å². The van der Waals surface area contributed by atoms with Gasteiger partial charge in [-0.3, -0.25) is 9.80 Å². The Morgan fingerprint density at radius 1 is 1.00 bits per heavy atom. The first-order valence-electron chi connectivity index (χ1n) is 8.06. The average Bonchev–Trinajstić information content (AvgIpc) is 2.59. The fourth-order valence-corrected chi connectivity index (χ4v) is 3.29. The molecule has 3 rings (SSSR count). The molecule has 0 unspecified atom stereocenters. The lowest BCUT2D eigenvalue weighted by Gasteiger charge is -2.33. The molecule has 0 aliphatic carbocycles. The van der Waals surface area contributed by atoms with Crippen LogP contribution in [0.5, 0.6) is 11.5 Å². The molecule has 0 radical (unpaired) electrons. The van der Waals surface area contributed by atoms with Crippen molar-refractivity contribution in [1.29, 1.82) is 0 Å². The maximum absolute atomic E-state index is 5.52. The lowest BCUT2D eigenvalue weighted by Crippen LogP contribution is -2.42. The first kappa shape index (κ1) is 15.6. The minimum atomic E-state index is 0.872. The zero-order chi connectivity index (χ0) is 15.4. The molecule has 1 aromatic rings. The molecule has 0 aromatic heterocycles. The lowest BCUT2D eigenvalue weighted by atomic mass is 9.98. The first-order chi connectivity index (χ1) is 10.8. The number of fused-ring (bicyclic) bond motifs is 1. The molecule has 0 amide bonds. The third kappa shape index (κ3) is 3.54. The molecule has 0 saturated carbocycles. The van der Waals surface area contributed by atoms with E-state index in [2.05, 4.69) is 15.9 Å². The fraction of sp³-hybridized carbons (Fsp3) is 0.647. The maximum atomic E-state index is 5.52. The van der Waals surface area contributed by atoms with E-state index in [-0.39, 0.29) is 0 Å². The molecule has 0 bridgehead atoms. The van der Waals surface area contributed by atoms with Crippen molar-refractivity contribution < 1.29 is 14.2 Å². The van der Waals surface area contributed by atoms with Crippen LogP contribution in [0.2, 0.25) is 0 Å². The van der Waals surface area contributed by atoms with E-state index in [0.717, 1.165) is 70.4 Å². The van der Waals surface area contributed by atoms with Crippen LogP contribution in [0.25, 0.3) is 0 Å². The number of nitrogens with zero attached hydrogens (tertiary/aromatic N) is 2. The molecule has 0 spiro atoms. The van der Waals surface area contributed by atoms with Crippen molar-refractivity contribution in [3.05, 3.63) is 23.3 Å². The molecule has 5 heteroatoms. The molecule has 22 heavy (non-hydrogen) atoms. The van der Waals surface area contributed by atoms with E-state index < -0.39 is 0 Å². The van der Waals surface area contributed by atoms with Crippen LogP contribution in [0.1, 0.15) is 11.1 Å². The molecule has 2 aliphatic rings. The monoisotopic (exact) mass is 306 g/mol. The normalized spacial score (nSPS) is 19.7. The number of ether oxygens (including phenoxy) is 3. The van der Waals surface area contributed by atoms with Crippen LogP contribution in [-0.4, -0.2) is 70.0 Å². The highest BCUT2D eigenvalue weighted by molar-refractivity contribution is 5.47. The SMILES string of the molecule is COc1cc2c(c(OC)c1)CCN(CCN1CCOCC1)C2. The standard InChI is InChI=1S/C17H26N2O3/c1-20-15-11-14-13-19(4-3-16(14)17(12-15)21-2)6-5-18-7-9-22-10-8-18/h11-12H,3-10,13H2,1-2H3. The molecule has 5 nitrogen and oxygen atoms in total. The molecule has 1 saturated heterocycles. The summed E-state index contributed by atoms with van der Waals surface area (Å²) in [6.45, 7) is 8.18. The zero-order valence-electron chi connectivity index (χ0n) is 13.6. The number of hydrogen-bond donors (Lipinski definition) is 0. The quantitative estimate of drug-likeness (QED) is 0.821. The van der Waals surface area contributed by atoms with Gasteiger partial charge in [-0.1, -0.05) is 0 Å². The van der Waals surface area contributed by atoms with Crippen LogP contribution < -0.4 is 9.47 Å². The molecule has 1 aromatic carbocycles. The van der Waals surface area contributed by atoms with Gasteiger partial charge in [0.15, 0.2) is 0 Å². The summed E-state index contributed by atoms with van der Waals surface area (Å²) in [5.74, 6) is 1.84. The molecule has 122 valence electrons. The van der Waals surface area contributed by atoms with E-state index in [1.807, 2.05) is 6.07 Å². The average molecular weight is 306 g/mol. The smallest absolute Gasteiger partial charge is 0.126 e. The van der Waals surface area contributed by atoms with Gasteiger partial charge in [-0.15, -0.1) is 0 Å². The number of morpholine rings is 1. The molecule has 2 heterocycles. The third-order valence-electron chi connectivity index (χ3n) is 4.64. The third-order valence-corrected chi connectivity index (χ3v) is 4.64. The highest BCUT2D eigenvalue weighted by Gasteiger charge is 2.21.